The third-order valence-electron chi connectivity index (χ3n) is 5.46. The lowest BCUT2D eigenvalue weighted by molar-refractivity contribution is -0.00679. The third kappa shape index (κ3) is 4.30. The van der Waals surface area contributed by atoms with E-state index in [0.717, 1.165) is 49.3 Å². The zero-order valence-electron chi connectivity index (χ0n) is 15.7. The number of hydrogen-bond acceptors (Lipinski definition) is 4. The van der Waals surface area contributed by atoms with Gasteiger partial charge in [0.15, 0.2) is 0 Å². The maximum atomic E-state index is 13.2. The zero-order valence-corrected chi connectivity index (χ0v) is 15.7. The highest BCUT2D eigenvalue weighted by molar-refractivity contribution is 6.00. The molecule has 0 unspecified atom stereocenters. The molecule has 2 aliphatic rings. The largest absolute Gasteiger partial charge is 0.372 e. The van der Waals surface area contributed by atoms with Gasteiger partial charge in [-0.15, -0.1) is 0 Å². The van der Waals surface area contributed by atoms with E-state index in [1.807, 2.05) is 41.4 Å². The van der Waals surface area contributed by atoms with Gasteiger partial charge in [-0.1, -0.05) is 18.2 Å². The minimum Gasteiger partial charge on any atom is -0.372 e. The first-order chi connectivity index (χ1) is 13.3. The first-order valence-corrected chi connectivity index (χ1v) is 9.95. The molecule has 5 heteroatoms. The quantitative estimate of drug-likeness (QED) is 0.814. The zero-order chi connectivity index (χ0) is 18.5. The number of carbonyl (C=O) groups excluding carboxylic acids is 1. The van der Waals surface area contributed by atoms with E-state index in [0.29, 0.717) is 13.2 Å². The van der Waals surface area contributed by atoms with Crippen molar-refractivity contribution in [1.29, 1.82) is 0 Å². The van der Waals surface area contributed by atoms with Gasteiger partial charge in [0, 0.05) is 44.3 Å². The first kappa shape index (κ1) is 18.0. The molecule has 142 valence electrons. The van der Waals surface area contributed by atoms with Crippen LogP contribution in [0.15, 0.2) is 48.8 Å². The van der Waals surface area contributed by atoms with Crippen molar-refractivity contribution < 1.29 is 9.53 Å². The number of pyridine rings is 1. The molecular formula is C22H27N3O2. The Kier molecular flexibility index (Phi) is 5.68. The number of rotatable bonds is 5. The maximum Gasteiger partial charge on any atom is 0.256 e. The average Bonchev–Trinajstić information content (AvgIpc) is 3.27. The molecule has 0 saturated carbocycles. The van der Waals surface area contributed by atoms with Gasteiger partial charge in [0.25, 0.3) is 5.91 Å². The molecule has 1 amide bonds. The van der Waals surface area contributed by atoms with Gasteiger partial charge >= 0.3 is 0 Å². The lowest BCUT2D eigenvalue weighted by Crippen LogP contribution is -2.43. The van der Waals surface area contributed by atoms with Crippen LogP contribution in [-0.2, 0) is 11.3 Å². The standard InChI is InChI=1S/C22H27N3O2/c26-22(20-9-1-2-10-21(20)24-12-3-4-13-24)25-14-6-8-19(16-25)27-17-18-7-5-11-23-15-18/h1-2,5,7,9-11,15,19H,3-4,6,8,12-14,16-17H2/t19-/m0/s1. The SMILES string of the molecule is O=C(c1ccccc1N1CCCC1)N1CCC[C@H](OCc2cccnc2)C1. The lowest BCUT2D eigenvalue weighted by Gasteiger charge is -2.33. The Bertz CT molecular complexity index is 759. The minimum absolute atomic E-state index is 0.0851. The van der Waals surface area contributed by atoms with Crippen molar-refractivity contribution in [2.45, 2.75) is 38.4 Å². The van der Waals surface area contributed by atoms with Gasteiger partial charge in [0.2, 0.25) is 0 Å². The van der Waals surface area contributed by atoms with Gasteiger partial charge in [-0.05, 0) is 49.4 Å². The minimum atomic E-state index is 0.0851. The lowest BCUT2D eigenvalue weighted by atomic mass is 10.1. The topological polar surface area (TPSA) is 45.7 Å². The average molecular weight is 365 g/mol. The number of para-hydroxylation sites is 1. The monoisotopic (exact) mass is 365 g/mol. The number of benzene rings is 1. The maximum absolute atomic E-state index is 13.2. The van der Waals surface area contributed by atoms with Crippen molar-refractivity contribution >= 4 is 11.6 Å². The summed E-state index contributed by atoms with van der Waals surface area (Å²) in [5.74, 6) is 0.132. The molecule has 2 fully saturated rings. The van der Waals surface area contributed by atoms with E-state index in [1.165, 1.54) is 12.8 Å². The number of hydrogen-bond donors (Lipinski definition) is 0. The molecule has 1 aromatic carbocycles. The number of likely N-dealkylation sites (tertiary alicyclic amines) is 1. The van der Waals surface area contributed by atoms with Crippen LogP contribution in [0.2, 0.25) is 0 Å². The summed E-state index contributed by atoms with van der Waals surface area (Å²) in [6.07, 6.45) is 8.07. The number of anilines is 1. The van der Waals surface area contributed by atoms with Crippen LogP contribution >= 0.6 is 0 Å². The molecule has 1 aromatic heterocycles. The summed E-state index contributed by atoms with van der Waals surface area (Å²) in [7, 11) is 0. The number of ether oxygens (including phenoxy) is 1. The Labute approximate surface area is 161 Å². The Morgan fingerprint density at radius 2 is 1.93 bits per heavy atom. The first-order valence-electron chi connectivity index (χ1n) is 9.95. The second-order valence-corrected chi connectivity index (χ2v) is 7.40. The third-order valence-corrected chi connectivity index (χ3v) is 5.46. The molecule has 0 aliphatic carbocycles. The normalized spacial score (nSPS) is 20.1. The van der Waals surface area contributed by atoms with Crippen molar-refractivity contribution in [2.75, 3.05) is 31.1 Å². The van der Waals surface area contributed by atoms with Crippen molar-refractivity contribution in [3.63, 3.8) is 0 Å². The molecule has 5 nitrogen and oxygen atoms in total. The highest BCUT2D eigenvalue weighted by atomic mass is 16.5. The smallest absolute Gasteiger partial charge is 0.256 e. The fourth-order valence-electron chi connectivity index (χ4n) is 4.01. The van der Waals surface area contributed by atoms with Crippen LogP contribution in [-0.4, -0.2) is 48.1 Å². The second kappa shape index (κ2) is 8.53. The number of amides is 1. The van der Waals surface area contributed by atoms with Gasteiger partial charge in [0.1, 0.15) is 0 Å². The second-order valence-electron chi connectivity index (χ2n) is 7.40. The Morgan fingerprint density at radius 1 is 1.07 bits per heavy atom. The molecular weight excluding hydrogens is 338 g/mol. The summed E-state index contributed by atoms with van der Waals surface area (Å²) in [6.45, 7) is 4.10. The molecule has 2 aromatic rings. The fraction of sp³-hybridized carbons (Fsp3) is 0.455. The van der Waals surface area contributed by atoms with Crippen LogP contribution in [0.5, 0.6) is 0 Å². The van der Waals surface area contributed by atoms with E-state index >= 15 is 0 Å². The Balaban J connectivity index is 1.41. The van der Waals surface area contributed by atoms with Crippen LogP contribution in [0.3, 0.4) is 0 Å². The summed E-state index contributed by atoms with van der Waals surface area (Å²) < 4.78 is 6.07. The van der Waals surface area contributed by atoms with Crippen molar-refractivity contribution in [1.82, 2.24) is 9.88 Å². The van der Waals surface area contributed by atoms with Crippen LogP contribution in [0.1, 0.15) is 41.6 Å². The van der Waals surface area contributed by atoms with Crippen LogP contribution in [0, 0.1) is 0 Å². The van der Waals surface area contributed by atoms with Gasteiger partial charge < -0.3 is 14.5 Å². The summed E-state index contributed by atoms with van der Waals surface area (Å²) >= 11 is 0. The van der Waals surface area contributed by atoms with Gasteiger partial charge in [-0.3, -0.25) is 9.78 Å². The number of nitrogens with zero attached hydrogens (tertiary/aromatic N) is 3. The van der Waals surface area contributed by atoms with Crippen LogP contribution in [0.4, 0.5) is 5.69 Å². The van der Waals surface area contributed by atoms with Gasteiger partial charge in [0.05, 0.1) is 18.3 Å². The van der Waals surface area contributed by atoms with Gasteiger partial charge in [-0.25, -0.2) is 0 Å². The van der Waals surface area contributed by atoms with E-state index in [1.54, 1.807) is 6.20 Å². The molecule has 3 heterocycles. The summed E-state index contributed by atoms with van der Waals surface area (Å²) in [6, 6.07) is 12.0. The molecule has 2 aliphatic heterocycles. The predicted molar refractivity (Wildman–Crippen MR) is 106 cm³/mol. The fourth-order valence-corrected chi connectivity index (χ4v) is 4.01. The molecule has 0 radical (unpaired) electrons. The van der Waals surface area contributed by atoms with Gasteiger partial charge in [-0.2, -0.15) is 0 Å². The van der Waals surface area contributed by atoms with E-state index in [4.69, 9.17) is 4.74 Å². The predicted octanol–water partition coefficient (Wildman–Crippen LogP) is 3.50. The molecule has 4 rings (SSSR count). The van der Waals surface area contributed by atoms with Crippen molar-refractivity contribution in [3.8, 4) is 0 Å². The summed E-state index contributed by atoms with van der Waals surface area (Å²) in [5.41, 5.74) is 2.98. The summed E-state index contributed by atoms with van der Waals surface area (Å²) in [5, 5.41) is 0. The highest BCUT2D eigenvalue weighted by Crippen LogP contribution is 2.27. The Hall–Kier alpha value is -2.40. The molecule has 0 N–H and O–H groups in total. The molecule has 0 spiro atoms. The van der Waals surface area contributed by atoms with E-state index in [-0.39, 0.29) is 12.0 Å². The van der Waals surface area contributed by atoms with Crippen LogP contribution < -0.4 is 4.90 Å². The van der Waals surface area contributed by atoms with E-state index in [2.05, 4.69) is 16.0 Å². The molecule has 1 atom stereocenters. The van der Waals surface area contributed by atoms with E-state index in [9.17, 15) is 4.79 Å². The van der Waals surface area contributed by atoms with Crippen molar-refractivity contribution in [3.05, 3.63) is 59.9 Å². The summed E-state index contributed by atoms with van der Waals surface area (Å²) in [4.78, 5) is 21.7. The number of carbonyl (C=O) groups is 1. The number of piperidine rings is 1. The molecule has 2 saturated heterocycles. The van der Waals surface area contributed by atoms with Crippen molar-refractivity contribution in [2.24, 2.45) is 0 Å². The Morgan fingerprint density at radius 3 is 2.74 bits per heavy atom. The van der Waals surface area contributed by atoms with Crippen LogP contribution in [0.25, 0.3) is 0 Å². The molecule has 27 heavy (non-hydrogen) atoms. The molecule has 0 bridgehead atoms. The van der Waals surface area contributed by atoms with E-state index < -0.39 is 0 Å². The number of aromatic nitrogens is 1. The highest BCUT2D eigenvalue weighted by Gasteiger charge is 2.27.